The summed E-state index contributed by atoms with van der Waals surface area (Å²) in [4.78, 5) is 0. The van der Waals surface area contributed by atoms with E-state index in [0.717, 1.165) is 19.4 Å². The molecule has 2 aromatic carbocycles. The third kappa shape index (κ3) is 4.22. The molecule has 0 bridgehead atoms. The van der Waals surface area contributed by atoms with Gasteiger partial charge in [-0.05, 0) is 49.8 Å². The minimum Gasteiger partial charge on any atom is -0.330 e. The third-order valence-electron chi connectivity index (χ3n) is 3.66. The number of hydrogen-bond acceptors (Lipinski definition) is 1. The Labute approximate surface area is 116 Å². The van der Waals surface area contributed by atoms with Crippen LogP contribution >= 0.6 is 0 Å². The zero-order valence-electron chi connectivity index (χ0n) is 11.7. The van der Waals surface area contributed by atoms with Gasteiger partial charge in [-0.25, -0.2) is 0 Å². The minimum atomic E-state index is 0.489. The normalized spacial score (nSPS) is 12.3. The van der Waals surface area contributed by atoms with Crippen molar-refractivity contribution in [3.05, 3.63) is 71.3 Å². The smallest absolute Gasteiger partial charge is 0.000823 e. The van der Waals surface area contributed by atoms with Crippen molar-refractivity contribution in [3.8, 4) is 0 Å². The third-order valence-corrected chi connectivity index (χ3v) is 3.66. The molecular weight excluding hydrogens is 230 g/mol. The second kappa shape index (κ2) is 7.10. The summed E-state index contributed by atoms with van der Waals surface area (Å²) in [6, 6.07) is 19.4. The highest BCUT2D eigenvalue weighted by atomic mass is 14.5. The summed E-state index contributed by atoms with van der Waals surface area (Å²) < 4.78 is 0. The van der Waals surface area contributed by atoms with Gasteiger partial charge in [-0.2, -0.15) is 0 Å². The molecule has 0 amide bonds. The van der Waals surface area contributed by atoms with Crippen molar-refractivity contribution in [1.82, 2.24) is 0 Å². The predicted molar refractivity (Wildman–Crippen MR) is 82.4 cm³/mol. The molecule has 19 heavy (non-hydrogen) atoms. The molecule has 0 radical (unpaired) electrons. The number of rotatable bonds is 6. The minimum absolute atomic E-state index is 0.489. The average Bonchev–Trinajstić information content (AvgIpc) is 2.45. The van der Waals surface area contributed by atoms with Gasteiger partial charge in [-0.1, -0.05) is 60.2 Å². The maximum atomic E-state index is 5.93. The highest BCUT2D eigenvalue weighted by molar-refractivity contribution is 5.25. The van der Waals surface area contributed by atoms with E-state index in [9.17, 15) is 0 Å². The van der Waals surface area contributed by atoms with Gasteiger partial charge < -0.3 is 5.73 Å². The fraction of sp³-hybridized carbons (Fsp3) is 0.333. The summed E-state index contributed by atoms with van der Waals surface area (Å²) in [6.45, 7) is 2.87. The van der Waals surface area contributed by atoms with Crippen LogP contribution in [0.4, 0.5) is 0 Å². The summed E-state index contributed by atoms with van der Waals surface area (Å²) in [7, 11) is 0. The van der Waals surface area contributed by atoms with Gasteiger partial charge in [0.05, 0.1) is 0 Å². The SMILES string of the molecule is Cc1cccc(C(CN)CCCc2ccccc2)c1. The molecule has 0 saturated heterocycles. The van der Waals surface area contributed by atoms with Crippen LogP contribution in [0.1, 0.15) is 35.4 Å². The fourth-order valence-electron chi connectivity index (χ4n) is 2.54. The maximum absolute atomic E-state index is 5.93. The van der Waals surface area contributed by atoms with E-state index in [1.807, 2.05) is 0 Å². The van der Waals surface area contributed by atoms with E-state index in [1.54, 1.807) is 0 Å². The Balaban J connectivity index is 1.89. The second-order valence-corrected chi connectivity index (χ2v) is 5.22. The van der Waals surface area contributed by atoms with Crippen LogP contribution in [0.3, 0.4) is 0 Å². The van der Waals surface area contributed by atoms with Crippen molar-refractivity contribution in [2.75, 3.05) is 6.54 Å². The van der Waals surface area contributed by atoms with E-state index in [1.165, 1.54) is 23.1 Å². The van der Waals surface area contributed by atoms with E-state index in [4.69, 9.17) is 5.73 Å². The topological polar surface area (TPSA) is 26.0 Å². The molecule has 0 fully saturated rings. The van der Waals surface area contributed by atoms with Crippen molar-refractivity contribution in [1.29, 1.82) is 0 Å². The molecule has 2 rings (SSSR count). The lowest BCUT2D eigenvalue weighted by Gasteiger charge is -2.15. The van der Waals surface area contributed by atoms with Gasteiger partial charge in [-0.3, -0.25) is 0 Å². The fourth-order valence-corrected chi connectivity index (χ4v) is 2.54. The van der Waals surface area contributed by atoms with Crippen molar-refractivity contribution in [3.63, 3.8) is 0 Å². The standard InChI is InChI=1S/C18H23N/c1-15-7-5-11-17(13-15)18(14-19)12-6-10-16-8-3-2-4-9-16/h2-5,7-9,11,13,18H,6,10,12,14,19H2,1H3. The van der Waals surface area contributed by atoms with E-state index in [-0.39, 0.29) is 0 Å². The van der Waals surface area contributed by atoms with Gasteiger partial charge in [0.1, 0.15) is 0 Å². The summed E-state index contributed by atoms with van der Waals surface area (Å²) in [5.41, 5.74) is 10.1. The molecule has 0 aliphatic rings. The predicted octanol–water partition coefficient (Wildman–Crippen LogP) is 4.06. The van der Waals surface area contributed by atoms with Crippen LogP contribution in [0.25, 0.3) is 0 Å². The Hall–Kier alpha value is -1.60. The summed E-state index contributed by atoms with van der Waals surface area (Å²) >= 11 is 0. The van der Waals surface area contributed by atoms with Crippen LogP contribution in [-0.2, 0) is 6.42 Å². The first-order chi connectivity index (χ1) is 9.29. The van der Waals surface area contributed by atoms with E-state index < -0.39 is 0 Å². The van der Waals surface area contributed by atoms with Gasteiger partial charge in [0, 0.05) is 0 Å². The largest absolute Gasteiger partial charge is 0.330 e. The quantitative estimate of drug-likeness (QED) is 0.825. The number of aryl methyl sites for hydroxylation is 2. The Morgan fingerprint density at radius 2 is 1.79 bits per heavy atom. The lowest BCUT2D eigenvalue weighted by molar-refractivity contribution is 0.598. The molecule has 1 heteroatoms. The molecule has 0 heterocycles. The van der Waals surface area contributed by atoms with Crippen molar-refractivity contribution in [2.24, 2.45) is 5.73 Å². The molecule has 0 spiro atoms. The average molecular weight is 253 g/mol. The van der Waals surface area contributed by atoms with Crippen LogP contribution in [-0.4, -0.2) is 6.54 Å². The highest BCUT2D eigenvalue weighted by Crippen LogP contribution is 2.22. The second-order valence-electron chi connectivity index (χ2n) is 5.22. The molecule has 2 N–H and O–H groups in total. The Morgan fingerprint density at radius 3 is 2.47 bits per heavy atom. The summed E-state index contributed by atoms with van der Waals surface area (Å²) in [5.74, 6) is 0.489. The van der Waals surface area contributed by atoms with Crippen LogP contribution in [0.15, 0.2) is 54.6 Å². The number of hydrogen-bond donors (Lipinski definition) is 1. The van der Waals surface area contributed by atoms with Crippen molar-refractivity contribution < 1.29 is 0 Å². The maximum Gasteiger partial charge on any atom is -0.000823 e. The molecule has 0 aliphatic carbocycles. The monoisotopic (exact) mass is 253 g/mol. The Morgan fingerprint density at radius 1 is 1.00 bits per heavy atom. The number of benzene rings is 2. The van der Waals surface area contributed by atoms with E-state index in [2.05, 4.69) is 61.5 Å². The zero-order valence-corrected chi connectivity index (χ0v) is 11.7. The molecule has 1 nitrogen and oxygen atoms in total. The Bertz CT molecular complexity index is 490. The number of nitrogens with two attached hydrogens (primary N) is 1. The molecule has 0 saturated carbocycles. The van der Waals surface area contributed by atoms with Gasteiger partial charge in [0.2, 0.25) is 0 Å². The molecule has 0 aliphatic heterocycles. The molecule has 1 atom stereocenters. The van der Waals surface area contributed by atoms with Gasteiger partial charge in [0.25, 0.3) is 0 Å². The molecule has 1 unspecified atom stereocenters. The van der Waals surface area contributed by atoms with E-state index >= 15 is 0 Å². The molecule has 2 aromatic rings. The first-order valence-corrected chi connectivity index (χ1v) is 7.10. The first kappa shape index (κ1) is 13.8. The first-order valence-electron chi connectivity index (χ1n) is 7.10. The summed E-state index contributed by atoms with van der Waals surface area (Å²) in [5, 5.41) is 0. The van der Waals surface area contributed by atoms with Crippen LogP contribution in [0.2, 0.25) is 0 Å². The van der Waals surface area contributed by atoms with Crippen molar-refractivity contribution >= 4 is 0 Å². The van der Waals surface area contributed by atoms with Gasteiger partial charge in [0.15, 0.2) is 0 Å². The lowest BCUT2D eigenvalue weighted by Crippen LogP contribution is -2.13. The molecule has 0 aromatic heterocycles. The molecular formula is C18H23N. The molecule has 100 valence electrons. The lowest BCUT2D eigenvalue weighted by atomic mass is 9.92. The van der Waals surface area contributed by atoms with E-state index in [0.29, 0.717) is 5.92 Å². The van der Waals surface area contributed by atoms with Crippen LogP contribution in [0.5, 0.6) is 0 Å². The van der Waals surface area contributed by atoms with Crippen LogP contribution in [0, 0.1) is 6.92 Å². The van der Waals surface area contributed by atoms with Gasteiger partial charge >= 0.3 is 0 Å². The van der Waals surface area contributed by atoms with Gasteiger partial charge in [-0.15, -0.1) is 0 Å². The highest BCUT2D eigenvalue weighted by Gasteiger charge is 2.09. The van der Waals surface area contributed by atoms with Crippen LogP contribution < -0.4 is 5.73 Å². The zero-order chi connectivity index (χ0) is 13.5. The Kier molecular flexibility index (Phi) is 5.17. The summed E-state index contributed by atoms with van der Waals surface area (Å²) in [6.07, 6.45) is 3.50. The van der Waals surface area contributed by atoms with Crippen molar-refractivity contribution in [2.45, 2.75) is 32.1 Å².